The van der Waals surface area contributed by atoms with Gasteiger partial charge in [0, 0.05) is 76.1 Å². The highest BCUT2D eigenvalue weighted by Gasteiger charge is 2.33. The molecular weight excluding hydrogens is 661 g/mol. The van der Waals surface area contributed by atoms with Crippen molar-refractivity contribution in [2.75, 3.05) is 41.0 Å². The number of carbonyl (C=O) groups excluding carboxylic acids is 4. The Morgan fingerprint density at radius 3 is 1.46 bits per heavy atom. The number of carbonyl (C=O) groups is 4. The van der Waals surface area contributed by atoms with Crippen LogP contribution in [0.5, 0.6) is 0 Å². The number of urea groups is 1. The Balaban J connectivity index is 0.990. The maximum atomic E-state index is 13.9. The van der Waals surface area contributed by atoms with E-state index in [4.69, 9.17) is 5.73 Å². The van der Waals surface area contributed by atoms with E-state index in [1.54, 1.807) is 26.8 Å². The van der Waals surface area contributed by atoms with Crippen LogP contribution in [0.3, 0.4) is 0 Å². The van der Waals surface area contributed by atoms with Crippen LogP contribution in [-0.2, 0) is 28.4 Å². The zero-order valence-electron chi connectivity index (χ0n) is 26.7. The molecule has 0 radical (unpaired) electrons. The Hall–Kier alpha value is -5.85. The van der Waals surface area contributed by atoms with Gasteiger partial charge in [-0.1, -0.05) is 0 Å². The Kier molecular flexibility index (Phi) is 6.39. The molecule has 15 heteroatoms. The second-order valence-corrected chi connectivity index (χ2v) is 14.7. The van der Waals surface area contributed by atoms with E-state index in [9.17, 15) is 28.6 Å². The van der Waals surface area contributed by atoms with Gasteiger partial charge < -0.3 is 39.9 Å². The number of hydrogen-bond acceptors (Lipinski definition) is 6. The fourth-order valence-electron chi connectivity index (χ4n) is 7.82. The molecule has 0 bridgehead atoms. The van der Waals surface area contributed by atoms with Crippen LogP contribution in [0.15, 0.2) is 54.6 Å². The molecule has 252 valence electrons. The van der Waals surface area contributed by atoms with Crippen LogP contribution in [0, 0.1) is 0 Å². The van der Waals surface area contributed by atoms with Gasteiger partial charge in [-0.3, -0.25) is 14.5 Å². The van der Waals surface area contributed by atoms with Crippen molar-refractivity contribution in [1.82, 2.24) is 15.0 Å². The third-order valence-electron chi connectivity index (χ3n) is 9.99. The van der Waals surface area contributed by atoms with Crippen molar-refractivity contribution < 1.29 is 33.2 Å². The van der Waals surface area contributed by atoms with E-state index in [0.29, 0.717) is 55.8 Å². The molecule has 6 heterocycles. The summed E-state index contributed by atoms with van der Waals surface area (Å²) >= 11 is 0. The highest BCUT2D eigenvalue weighted by Crippen LogP contribution is 2.41. The predicted molar refractivity (Wildman–Crippen MR) is 187 cm³/mol. The number of hydrogen-bond donors (Lipinski definition) is 5. The van der Waals surface area contributed by atoms with Gasteiger partial charge in [0.2, 0.25) is 0 Å². The van der Waals surface area contributed by atoms with Crippen molar-refractivity contribution >= 4 is 81.2 Å². The summed E-state index contributed by atoms with van der Waals surface area (Å²) in [6.45, 7) is 2.37. The molecule has 3 aromatic carbocycles. The van der Waals surface area contributed by atoms with Gasteiger partial charge >= 0.3 is 19.6 Å². The van der Waals surface area contributed by atoms with Gasteiger partial charge in [-0.2, -0.15) is 0 Å². The number of aromatic nitrogens is 3. The Morgan fingerprint density at radius 1 is 0.660 bits per heavy atom. The third-order valence-corrected chi connectivity index (χ3v) is 10.5. The summed E-state index contributed by atoms with van der Waals surface area (Å²) in [5.74, 6) is -1.30. The van der Waals surface area contributed by atoms with E-state index in [2.05, 4.69) is 19.5 Å². The fraction of sp³-hybridized carbons (Fsp3) is 0.200. The zero-order chi connectivity index (χ0) is 34.6. The van der Waals surface area contributed by atoms with Crippen molar-refractivity contribution in [2.45, 2.75) is 19.3 Å². The molecule has 1 unspecified atom stereocenters. The number of fused-ring (bicyclic) bond motifs is 9. The molecule has 0 aliphatic carbocycles. The molecule has 9 rings (SSSR count). The maximum absolute atomic E-state index is 13.9. The van der Waals surface area contributed by atoms with Crippen molar-refractivity contribution in [2.24, 2.45) is 5.73 Å². The van der Waals surface area contributed by atoms with Crippen LogP contribution in [-0.4, -0.2) is 70.0 Å². The quantitative estimate of drug-likeness (QED) is 0.161. The minimum absolute atomic E-state index is 0.0518. The SMILES string of the molecule is CP(=O)(O)OC(=O)c1cc2c3c(ccc2[nH]1)N(C(=O)c1cc2c4c(ccc2[nH]1)N(C(=O)c1cc2c5c(ccc2[nH]1)N(C(N)=O)CC5)CC4)CC3. The van der Waals surface area contributed by atoms with E-state index < -0.39 is 19.6 Å². The van der Waals surface area contributed by atoms with Gasteiger partial charge in [0.05, 0.1) is 0 Å². The monoisotopic (exact) mass is 691 g/mol. The van der Waals surface area contributed by atoms with Crippen molar-refractivity contribution in [3.63, 3.8) is 0 Å². The molecule has 0 spiro atoms. The first-order valence-electron chi connectivity index (χ1n) is 16.1. The van der Waals surface area contributed by atoms with E-state index in [-0.39, 0.29) is 17.5 Å². The number of nitrogens with two attached hydrogens (primary N) is 1. The third kappa shape index (κ3) is 4.56. The number of rotatable bonds is 4. The normalized spacial score (nSPS) is 16.2. The molecule has 0 saturated carbocycles. The van der Waals surface area contributed by atoms with Crippen molar-refractivity contribution in [3.8, 4) is 0 Å². The average Bonchev–Trinajstić information content (AvgIpc) is 3.91. The number of nitrogens with one attached hydrogen (secondary N) is 3. The number of H-pyrrole nitrogens is 3. The molecule has 50 heavy (non-hydrogen) atoms. The van der Waals surface area contributed by atoms with E-state index in [1.807, 2.05) is 42.5 Å². The molecule has 1 atom stereocenters. The van der Waals surface area contributed by atoms with Crippen LogP contribution in [0.4, 0.5) is 21.9 Å². The van der Waals surface area contributed by atoms with Crippen LogP contribution in [0.25, 0.3) is 32.7 Å². The van der Waals surface area contributed by atoms with E-state index >= 15 is 0 Å². The van der Waals surface area contributed by atoms with Crippen LogP contribution in [0.1, 0.15) is 48.2 Å². The number of primary amides is 1. The van der Waals surface area contributed by atoms with E-state index in [1.165, 1.54) is 0 Å². The zero-order valence-corrected chi connectivity index (χ0v) is 27.6. The number of amides is 4. The Bertz CT molecular complexity index is 2560. The van der Waals surface area contributed by atoms with Crippen molar-refractivity contribution in [1.29, 1.82) is 0 Å². The van der Waals surface area contributed by atoms with Crippen LogP contribution in [0.2, 0.25) is 0 Å². The number of anilines is 3. The number of aromatic amines is 3. The lowest BCUT2D eigenvalue weighted by Gasteiger charge is -2.16. The standard InChI is InChI=1S/C35H30N7O7P/c1-50(47,48)49-34(45)28-16-22-18-9-12-41(30(18)6-3-25(22)39-28)32(43)26-14-20-17-8-11-40(29(17)5-2-23(20)37-26)33(44)27-15-21-19-10-13-42(35(36)46)31(19)7-4-24(21)38-27/h2-7,14-16,37-39H,8-13H2,1H3,(H2,36,46)(H,47,48). The first-order valence-corrected chi connectivity index (χ1v) is 18.2. The summed E-state index contributed by atoms with van der Waals surface area (Å²) in [6, 6.07) is 15.9. The smallest absolute Gasteiger partial charge is 0.375 e. The van der Waals surface area contributed by atoms with Gasteiger partial charge in [0.15, 0.2) is 0 Å². The first kappa shape index (κ1) is 30.2. The lowest BCUT2D eigenvalue weighted by atomic mass is 10.1. The molecule has 0 saturated heterocycles. The van der Waals surface area contributed by atoms with Gasteiger partial charge in [-0.15, -0.1) is 0 Å². The highest BCUT2D eigenvalue weighted by molar-refractivity contribution is 7.52. The predicted octanol–water partition coefficient (Wildman–Crippen LogP) is 4.95. The van der Waals surface area contributed by atoms with Crippen LogP contribution < -0.4 is 20.4 Å². The van der Waals surface area contributed by atoms with Gasteiger partial charge in [0.25, 0.3) is 11.8 Å². The van der Waals surface area contributed by atoms with Crippen molar-refractivity contribution in [3.05, 3.63) is 88.4 Å². The molecular formula is C35H30N7O7P. The lowest BCUT2D eigenvalue weighted by molar-refractivity contribution is 0.0714. The molecule has 14 nitrogen and oxygen atoms in total. The van der Waals surface area contributed by atoms with Gasteiger partial charge in [-0.25, -0.2) is 14.2 Å². The van der Waals surface area contributed by atoms with E-state index in [0.717, 1.165) is 67.6 Å². The second kappa shape index (κ2) is 10.6. The molecule has 6 N–H and O–H groups in total. The number of nitrogens with zero attached hydrogens (tertiary/aromatic N) is 3. The average molecular weight is 692 g/mol. The summed E-state index contributed by atoms with van der Waals surface area (Å²) in [5, 5.41) is 2.51. The summed E-state index contributed by atoms with van der Waals surface area (Å²) in [6.07, 6.45) is 1.84. The molecule has 6 aromatic rings. The Labute approximate surface area is 283 Å². The topological polar surface area (TPSA) is 198 Å². The van der Waals surface area contributed by atoms with Crippen LogP contribution >= 0.6 is 7.60 Å². The van der Waals surface area contributed by atoms with Gasteiger partial charge in [0.1, 0.15) is 17.1 Å². The Morgan fingerprint density at radius 2 is 1.04 bits per heavy atom. The largest absolute Gasteiger partial charge is 0.387 e. The molecule has 0 fully saturated rings. The first-order chi connectivity index (χ1) is 23.9. The van der Waals surface area contributed by atoms with Gasteiger partial charge in [-0.05, 0) is 90.6 Å². The fourth-order valence-corrected chi connectivity index (χ4v) is 8.23. The number of benzene rings is 3. The second-order valence-electron chi connectivity index (χ2n) is 13.0. The highest BCUT2D eigenvalue weighted by atomic mass is 31.2. The molecule has 3 aromatic heterocycles. The minimum Gasteiger partial charge on any atom is -0.387 e. The maximum Gasteiger partial charge on any atom is 0.375 e. The minimum atomic E-state index is -4.02. The summed E-state index contributed by atoms with van der Waals surface area (Å²) in [7, 11) is -4.02. The lowest BCUT2D eigenvalue weighted by Crippen LogP contribution is -2.33. The summed E-state index contributed by atoms with van der Waals surface area (Å²) in [5.41, 5.74) is 13.9. The molecule has 3 aliphatic rings. The molecule has 4 amide bonds. The summed E-state index contributed by atoms with van der Waals surface area (Å²) < 4.78 is 16.3. The summed E-state index contributed by atoms with van der Waals surface area (Å²) in [4.78, 5) is 76.0. The molecule has 3 aliphatic heterocycles.